The van der Waals surface area contributed by atoms with Crippen LogP contribution in [0.1, 0.15) is 42.9 Å². The van der Waals surface area contributed by atoms with Crippen LogP contribution in [-0.2, 0) is 9.78 Å². The highest BCUT2D eigenvalue weighted by Crippen LogP contribution is 2.20. The summed E-state index contributed by atoms with van der Waals surface area (Å²) in [6.07, 6.45) is -0.718. The lowest BCUT2D eigenvalue weighted by Gasteiger charge is -2.24. The van der Waals surface area contributed by atoms with E-state index in [1.165, 1.54) is 0 Å². The van der Waals surface area contributed by atoms with Crippen molar-refractivity contribution >= 4 is 5.91 Å². The van der Waals surface area contributed by atoms with Gasteiger partial charge in [-0.2, -0.15) is 0 Å². The second-order valence-electron chi connectivity index (χ2n) is 6.29. The number of amides is 1. The van der Waals surface area contributed by atoms with Gasteiger partial charge < -0.3 is 10.1 Å². The van der Waals surface area contributed by atoms with Gasteiger partial charge in [-0.1, -0.05) is 36.4 Å². The highest BCUT2D eigenvalue weighted by Gasteiger charge is 2.21. The molecule has 0 saturated carbocycles. The number of ether oxygens (including phenoxy) is 1. The average molecular weight is 329 g/mol. The van der Waals surface area contributed by atoms with Crippen LogP contribution in [0.2, 0.25) is 0 Å². The van der Waals surface area contributed by atoms with Crippen LogP contribution in [0.3, 0.4) is 0 Å². The predicted molar refractivity (Wildman–Crippen MR) is 91.6 cm³/mol. The molecule has 0 aliphatic rings. The van der Waals surface area contributed by atoms with Crippen LogP contribution in [0.5, 0.6) is 5.75 Å². The highest BCUT2D eigenvalue weighted by molar-refractivity contribution is 5.94. The van der Waals surface area contributed by atoms with E-state index < -0.39 is 11.8 Å². The van der Waals surface area contributed by atoms with E-state index in [1.54, 1.807) is 31.4 Å². The Morgan fingerprint density at radius 3 is 2.38 bits per heavy atom. The Kier molecular flexibility index (Phi) is 5.95. The minimum atomic E-state index is -0.718. The molecule has 5 nitrogen and oxygen atoms in total. The van der Waals surface area contributed by atoms with E-state index in [2.05, 4.69) is 5.32 Å². The Bertz CT molecular complexity index is 665. The Morgan fingerprint density at radius 2 is 1.75 bits per heavy atom. The lowest BCUT2D eigenvalue weighted by molar-refractivity contribution is -0.379. The number of methoxy groups -OCH3 is 1. The van der Waals surface area contributed by atoms with Crippen LogP contribution in [-0.4, -0.2) is 18.6 Å². The van der Waals surface area contributed by atoms with E-state index in [9.17, 15) is 4.79 Å². The molecule has 0 aromatic heterocycles. The van der Waals surface area contributed by atoms with Gasteiger partial charge in [0.1, 0.15) is 5.75 Å². The molecule has 2 aromatic rings. The predicted octanol–water partition coefficient (Wildman–Crippen LogP) is 3.87. The molecule has 0 spiro atoms. The quantitative estimate of drug-likeness (QED) is 0.496. The number of carbonyl (C=O) groups excluding carboxylic acids is 1. The third-order valence-electron chi connectivity index (χ3n) is 3.09. The van der Waals surface area contributed by atoms with Crippen LogP contribution in [0.25, 0.3) is 0 Å². The molecule has 0 unspecified atom stereocenters. The molecule has 1 atom stereocenters. The molecule has 0 fully saturated rings. The van der Waals surface area contributed by atoms with Crippen molar-refractivity contribution in [2.45, 2.75) is 32.6 Å². The second kappa shape index (κ2) is 7.95. The maximum atomic E-state index is 12.5. The first-order valence-corrected chi connectivity index (χ1v) is 7.73. The fourth-order valence-electron chi connectivity index (χ4n) is 1.95. The molecular formula is C19H23NO4. The summed E-state index contributed by atoms with van der Waals surface area (Å²) >= 11 is 0. The zero-order valence-electron chi connectivity index (χ0n) is 14.4. The third kappa shape index (κ3) is 5.37. The average Bonchev–Trinajstić information content (AvgIpc) is 2.58. The van der Waals surface area contributed by atoms with E-state index in [-0.39, 0.29) is 5.91 Å². The van der Waals surface area contributed by atoms with Gasteiger partial charge in [0, 0.05) is 11.1 Å². The second-order valence-corrected chi connectivity index (χ2v) is 6.29. The molecular weight excluding hydrogens is 306 g/mol. The molecule has 0 aliphatic carbocycles. The lowest BCUT2D eigenvalue weighted by atomic mass is 10.1. The number of hydrogen-bond donors (Lipinski definition) is 1. The summed E-state index contributed by atoms with van der Waals surface area (Å²) in [6, 6.07) is 16.3. The van der Waals surface area contributed by atoms with E-state index in [4.69, 9.17) is 14.5 Å². The van der Waals surface area contributed by atoms with Crippen molar-refractivity contribution < 1.29 is 19.3 Å². The number of nitrogens with one attached hydrogen (secondary N) is 1. The Balaban J connectivity index is 2.16. The van der Waals surface area contributed by atoms with Crippen molar-refractivity contribution in [3.63, 3.8) is 0 Å². The fraction of sp³-hybridized carbons (Fsp3) is 0.316. The Hall–Kier alpha value is -2.37. The van der Waals surface area contributed by atoms with Gasteiger partial charge in [0.2, 0.25) is 0 Å². The van der Waals surface area contributed by atoms with Crippen molar-refractivity contribution in [1.82, 2.24) is 5.32 Å². The molecule has 5 heteroatoms. The van der Waals surface area contributed by atoms with Gasteiger partial charge in [0.25, 0.3) is 5.91 Å². The topological polar surface area (TPSA) is 56.8 Å². The smallest absolute Gasteiger partial charge is 0.253 e. The number of benzene rings is 2. The maximum absolute atomic E-state index is 12.5. The van der Waals surface area contributed by atoms with Crippen molar-refractivity contribution in [2.24, 2.45) is 0 Å². The zero-order valence-corrected chi connectivity index (χ0v) is 14.4. The first-order valence-electron chi connectivity index (χ1n) is 7.73. The minimum absolute atomic E-state index is 0.278. The van der Waals surface area contributed by atoms with Gasteiger partial charge in [-0.3, -0.25) is 4.79 Å². The van der Waals surface area contributed by atoms with E-state index >= 15 is 0 Å². The monoisotopic (exact) mass is 329 g/mol. The molecule has 0 bridgehead atoms. The molecule has 2 aromatic carbocycles. The highest BCUT2D eigenvalue weighted by atomic mass is 17.2. The van der Waals surface area contributed by atoms with Crippen LogP contribution in [0.4, 0.5) is 0 Å². The van der Waals surface area contributed by atoms with Crippen molar-refractivity contribution in [2.75, 3.05) is 7.11 Å². The Morgan fingerprint density at radius 1 is 1.04 bits per heavy atom. The minimum Gasteiger partial charge on any atom is -0.497 e. The summed E-state index contributed by atoms with van der Waals surface area (Å²) in [4.78, 5) is 23.4. The van der Waals surface area contributed by atoms with E-state index in [0.29, 0.717) is 11.3 Å². The molecule has 0 heterocycles. The molecule has 0 radical (unpaired) electrons. The summed E-state index contributed by atoms with van der Waals surface area (Å²) < 4.78 is 5.15. The molecule has 0 saturated heterocycles. The largest absolute Gasteiger partial charge is 0.497 e. The molecule has 2 rings (SSSR count). The SMILES string of the molecule is COc1cccc(C(=O)N[C@@H](OOC(C)(C)C)c2ccccc2)c1. The number of carbonyl (C=O) groups is 1. The third-order valence-corrected chi connectivity index (χ3v) is 3.09. The molecule has 24 heavy (non-hydrogen) atoms. The summed E-state index contributed by atoms with van der Waals surface area (Å²) in [5.41, 5.74) is 0.779. The van der Waals surface area contributed by atoms with Gasteiger partial charge in [0.15, 0.2) is 6.23 Å². The Labute approximate surface area is 142 Å². The summed E-state index contributed by atoms with van der Waals surface area (Å²) in [5.74, 6) is 0.339. The zero-order chi connectivity index (χ0) is 17.6. The van der Waals surface area contributed by atoms with Gasteiger partial charge in [0.05, 0.1) is 12.7 Å². The van der Waals surface area contributed by atoms with Gasteiger partial charge in [-0.15, -0.1) is 0 Å². The van der Waals surface area contributed by atoms with Crippen LogP contribution < -0.4 is 10.1 Å². The van der Waals surface area contributed by atoms with E-state index in [1.807, 2.05) is 51.1 Å². The van der Waals surface area contributed by atoms with Crippen LogP contribution >= 0.6 is 0 Å². The lowest BCUT2D eigenvalue weighted by Crippen LogP contribution is -2.32. The van der Waals surface area contributed by atoms with Gasteiger partial charge in [-0.25, -0.2) is 9.78 Å². The number of rotatable bonds is 6. The van der Waals surface area contributed by atoms with Gasteiger partial charge in [-0.05, 0) is 39.0 Å². The standard InChI is InChI=1S/C19H23NO4/c1-19(2,3)24-23-18(14-9-6-5-7-10-14)20-17(21)15-11-8-12-16(13-15)22-4/h5-13,18H,1-4H3,(H,20,21)/t18-/m0/s1. The molecule has 128 valence electrons. The van der Waals surface area contributed by atoms with Crippen molar-refractivity contribution in [3.05, 3.63) is 65.7 Å². The van der Waals surface area contributed by atoms with Gasteiger partial charge >= 0.3 is 0 Å². The van der Waals surface area contributed by atoms with Crippen molar-refractivity contribution in [3.8, 4) is 5.75 Å². The van der Waals surface area contributed by atoms with Crippen LogP contribution in [0.15, 0.2) is 54.6 Å². The maximum Gasteiger partial charge on any atom is 0.253 e. The first-order chi connectivity index (χ1) is 11.4. The molecule has 1 N–H and O–H groups in total. The molecule has 0 aliphatic heterocycles. The summed E-state index contributed by atoms with van der Waals surface area (Å²) in [5, 5.41) is 2.83. The summed E-state index contributed by atoms with van der Waals surface area (Å²) in [6.45, 7) is 5.62. The van der Waals surface area contributed by atoms with E-state index in [0.717, 1.165) is 5.56 Å². The van der Waals surface area contributed by atoms with Crippen molar-refractivity contribution in [1.29, 1.82) is 0 Å². The summed E-state index contributed by atoms with van der Waals surface area (Å²) in [7, 11) is 1.56. The normalized spacial score (nSPS) is 12.5. The number of hydrogen-bond acceptors (Lipinski definition) is 4. The molecule has 1 amide bonds. The first kappa shape index (κ1) is 18.0. The fourth-order valence-corrected chi connectivity index (χ4v) is 1.95. The van der Waals surface area contributed by atoms with Crippen LogP contribution in [0, 0.1) is 0 Å².